The smallest absolute Gasteiger partial charge is 0.338 e. The molecule has 0 atom stereocenters. The quantitative estimate of drug-likeness (QED) is 0.0491. The van der Waals surface area contributed by atoms with Gasteiger partial charge in [0, 0.05) is 5.56 Å². The molecule has 1 aromatic rings. The van der Waals surface area contributed by atoms with Gasteiger partial charge in [-0.25, -0.2) is 4.79 Å². The van der Waals surface area contributed by atoms with Crippen molar-refractivity contribution >= 4 is 57.5 Å². The van der Waals surface area contributed by atoms with Crippen LogP contribution < -0.4 is 0 Å². The van der Waals surface area contributed by atoms with Crippen LogP contribution in [0.15, 0.2) is 24.3 Å². The lowest BCUT2D eigenvalue weighted by molar-refractivity contribution is -0.147. The van der Waals surface area contributed by atoms with Gasteiger partial charge >= 0.3 is 11.9 Å². The van der Waals surface area contributed by atoms with Crippen LogP contribution in [-0.2, 0) is 23.7 Å². The zero-order valence-corrected chi connectivity index (χ0v) is 27.4. The molecule has 232 valence electrons. The molecular formula is C31H48O7S3. The van der Waals surface area contributed by atoms with E-state index in [0.29, 0.717) is 30.6 Å². The van der Waals surface area contributed by atoms with E-state index in [4.69, 9.17) is 31.2 Å². The summed E-state index contributed by atoms with van der Waals surface area (Å²) in [6, 6.07) is 6.20. The van der Waals surface area contributed by atoms with Crippen molar-refractivity contribution in [1.29, 1.82) is 0 Å². The van der Waals surface area contributed by atoms with Crippen molar-refractivity contribution in [2.24, 2.45) is 0 Å². The minimum Gasteiger partial charge on any atom is -0.462 e. The number of carbonyl (C=O) groups is 3. The van der Waals surface area contributed by atoms with Gasteiger partial charge in [0.15, 0.2) is 0 Å². The standard InChI is InChI=1S/C31H48O7S3/c1-4-5-6-7-8-9-10-11-12-13-24-40-30(39)41-31(2,3)29(34)38-23-21-36-19-18-35-20-22-37-28(33)27-16-14-26(25-32)15-17-27/h14-17,25H,4-13,18-24H2,1-3H3. The molecule has 0 aliphatic heterocycles. The van der Waals surface area contributed by atoms with Crippen LogP contribution in [0.3, 0.4) is 0 Å². The fraction of sp³-hybridized carbons (Fsp3) is 0.677. The van der Waals surface area contributed by atoms with E-state index in [1.54, 1.807) is 36.0 Å². The maximum absolute atomic E-state index is 12.5. The Bertz CT molecular complexity index is 875. The second kappa shape index (κ2) is 24.0. The van der Waals surface area contributed by atoms with Crippen molar-refractivity contribution < 1.29 is 33.3 Å². The monoisotopic (exact) mass is 628 g/mol. The van der Waals surface area contributed by atoms with Gasteiger partial charge in [-0.1, -0.05) is 101 Å². The molecule has 7 nitrogen and oxygen atoms in total. The molecule has 0 saturated heterocycles. The fourth-order valence-corrected chi connectivity index (χ4v) is 6.75. The molecule has 0 unspecified atom stereocenters. The maximum atomic E-state index is 12.5. The molecule has 0 radical (unpaired) electrons. The molecule has 10 heteroatoms. The first kappa shape index (κ1) is 37.6. The van der Waals surface area contributed by atoms with Gasteiger partial charge in [0.2, 0.25) is 0 Å². The Morgan fingerprint density at radius 3 is 1.85 bits per heavy atom. The Morgan fingerprint density at radius 1 is 0.780 bits per heavy atom. The van der Waals surface area contributed by atoms with Crippen LogP contribution in [0.2, 0.25) is 0 Å². The van der Waals surface area contributed by atoms with Gasteiger partial charge in [0.05, 0.1) is 32.0 Å². The summed E-state index contributed by atoms with van der Waals surface area (Å²) in [7, 11) is 0. The number of hydrogen-bond donors (Lipinski definition) is 0. The topological polar surface area (TPSA) is 88.1 Å². The molecule has 41 heavy (non-hydrogen) atoms. The largest absolute Gasteiger partial charge is 0.462 e. The third-order valence-corrected chi connectivity index (χ3v) is 8.90. The van der Waals surface area contributed by atoms with Crippen molar-refractivity contribution in [3.8, 4) is 0 Å². The molecule has 0 heterocycles. The highest BCUT2D eigenvalue weighted by Crippen LogP contribution is 2.32. The van der Waals surface area contributed by atoms with E-state index in [0.717, 1.165) is 15.7 Å². The number of ether oxygens (including phenoxy) is 4. The molecule has 0 aromatic heterocycles. The van der Waals surface area contributed by atoms with Crippen LogP contribution in [0, 0.1) is 0 Å². The lowest BCUT2D eigenvalue weighted by Crippen LogP contribution is -2.32. The van der Waals surface area contributed by atoms with Crippen molar-refractivity contribution in [1.82, 2.24) is 0 Å². The lowest BCUT2D eigenvalue weighted by Gasteiger charge is -2.22. The Balaban J connectivity index is 1.99. The predicted octanol–water partition coefficient (Wildman–Crippen LogP) is 7.68. The van der Waals surface area contributed by atoms with E-state index in [1.165, 1.54) is 69.5 Å². The van der Waals surface area contributed by atoms with Crippen molar-refractivity contribution in [3.05, 3.63) is 35.4 Å². The van der Waals surface area contributed by atoms with Crippen molar-refractivity contribution in [2.75, 3.05) is 45.4 Å². The number of esters is 2. The van der Waals surface area contributed by atoms with Gasteiger partial charge in [-0.15, -0.1) is 11.8 Å². The number of thiocarbonyl (C=S) groups is 1. The number of aldehydes is 1. The van der Waals surface area contributed by atoms with Gasteiger partial charge in [0.25, 0.3) is 0 Å². The molecule has 1 aromatic carbocycles. The fourth-order valence-electron chi connectivity index (χ4n) is 3.69. The van der Waals surface area contributed by atoms with E-state index >= 15 is 0 Å². The second-order valence-corrected chi connectivity index (χ2v) is 14.1. The minimum atomic E-state index is -0.751. The summed E-state index contributed by atoms with van der Waals surface area (Å²) >= 11 is 8.53. The van der Waals surface area contributed by atoms with E-state index in [1.807, 2.05) is 13.8 Å². The predicted molar refractivity (Wildman–Crippen MR) is 173 cm³/mol. The molecule has 0 bridgehead atoms. The Hall–Kier alpha value is -1.46. The zero-order valence-electron chi connectivity index (χ0n) is 25.0. The first-order valence-electron chi connectivity index (χ1n) is 14.7. The van der Waals surface area contributed by atoms with Gasteiger partial charge < -0.3 is 18.9 Å². The Kier molecular flexibility index (Phi) is 22.0. The average molecular weight is 629 g/mol. The highest BCUT2D eigenvalue weighted by molar-refractivity contribution is 8.47. The lowest BCUT2D eigenvalue weighted by atomic mass is 10.1. The van der Waals surface area contributed by atoms with Crippen LogP contribution in [0.5, 0.6) is 0 Å². The number of hydrogen-bond acceptors (Lipinski definition) is 10. The number of benzene rings is 1. The molecule has 0 amide bonds. The molecular weight excluding hydrogens is 581 g/mol. The van der Waals surface area contributed by atoms with E-state index < -0.39 is 10.7 Å². The first-order valence-corrected chi connectivity index (χ1v) is 16.9. The van der Waals surface area contributed by atoms with Crippen LogP contribution >= 0.6 is 35.7 Å². The molecule has 0 aliphatic carbocycles. The SMILES string of the molecule is CCCCCCCCCCCCSC(=S)SC(C)(C)C(=O)OCCOCCOCCOC(=O)c1ccc(C=O)cc1. The number of carbonyl (C=O) groups excluding carboxylic acids is 3. The number of unbranched alkanes of at least 4 members (excludes halogenated alkanes) is 9. The highest BCUT2D eigenvalue weighted by Gasteiger charge is 2.31. The van der Waals surface area contributed by atoms with Gasteiger partial charge in [0.1, 0.15) is 27.8 Å². The Labute approximate surface area is 260 Å². The third-order valence-electron chi connectivity index (χ3n) is 6.12. The van der Waals surface area contributed by atoms with Crippen LogP contribution in [0.25, 0.3) is 0 Å². The summed E-state index contributed by atoms with van der Waals surface area (Å²) in [5.41, 5.74) is 0.871. The second-order valence-electron chi connectivity index (χ2n) is 10.1. The van der Waals surface area contributed by atoms with Gasteiger partial charge in [-0.3, -0.25) is 9.59 Å². The van der Waals surface area contributed by atoms with Gasteiger partial charge in [-0.2, -0.15) is 0 Å². The summed E-state index contributed by atoms with van der Waals surface area (Å²) in [5, 5.41) is 0. The summed E-state index contributed by atoms with van der Waals surface area (Å²) in [5.74, 6) is 0.202. The molecule has 0 spiro atoms. The van der Waals surface area contributed by atoms with Crippen LogP contribution in [-0.4, -0.2) is 71.9 Å². The summed E-state index contributed by atoms with van der Waals surface area (Å²) in [4.78, 5) is 35.1. The van der Waals surface area contributed by atoms with Crippen molar-refractivity contribution in [3.63, 3.8) is 0 Å². The average Bonchev–Trinajstić information content (AvgIpc) is 2.96. The number of thioether (sulfide) groups is 2. The van der Waals surface area contributed by atoms with E-state index in [9.17, 15) is 14.4 Å². The minimum absolute atomic E-state index is 0.109. The summed E-state index contributed by atoms with van der Waals surface area (Å²) in [6.45, 7) is 7.33. The van der Waals surface area contributed by atoms with E-state index in [-0.39, 0.29) is 32.4 Å². The molecule has 1 rings (SSSR count). The number of rotatable bonds is 24. The van der Waals surface area contributed by atoms with Gasteiger partial charge in [-0.05, 0) is 38.2 Å². The molecule has 0 saturated carbocycles. The van der Waals surface area contributed by atoms with Crippen LogP contribution in [0.1, 0.15) is 106 Å². The third kappa shape index (κ3) is 19.4. The summed E-state index contributed by atoms with van der Waals surface area (Å²) in [6.07, 6.45) is 13.8. The Morgan fingerprint density at radius 2 is 1.29 bits per heavy atom. The molecule has 0 fully saturated rings. The first-order chi connectivity index (χ1) is 19.8. The zero-order chi connectivity index (χ0) is 30.2. The molecule has 0 aliphatic rings. The summed E-state index contributed by atoms with van der Waals surface area (Å²) < 4.78 is 21.4. The van der Waals surface area contributed by atoms with E-state index in [2.05, 4.69) is 6.92 Å². The maximum Gasteiger partial charge on any atom is 0.338 e. The normalized spacial score (nSPS) is 11.3. The van der Waals surface area contributed by atoms with Crippen molar-refractivity contribution in [2.45, 2.75) is 89.7 Å². The molecule has 0 N–H and O–H groups in total. The van der Waals surface area contributed by atoms with Crippen LogP contribution in [0.4, 0.5) is 0 Å². The highest BCUT2D eigenvalue weighted by atomic mass is 32.2.